The molecule has 29 heavy (non-hydrogen) atoms. The second-order valence-electron chi connectivity index (χ2n) is 7.42. The molecule has 3 heteroatoms. The maximum atomic E-state index is 13.0. The van der Waals surface area contributed by atoms with Gasteiger partial charge in [0.05, 0.1) is 6.61 Å². The van der Waals surface area contributed by atoms with Crippen LogP contribution in [0.4, 0.5) is 0 Å². The SMILES string of the molecule is Cc1ccc(C)c(OCCCn2cc(C(=O)c3ccccc3)c3ccccc32)c1. The molecule has 3 nitrogen and oxygen atoms in total. The quantitative estimate of drug-likeness (QED) is 0.291. The Bertz CT molecular complexity index is 1140. The summed E-state index contributed by atoms with van der Waals surface area (Å²) in [5.74, 6) is 1.01. The number of carbonyl (C=O) groups excluding carboxylic acids is 1. The molecule has 0 unspecified atom stereocenters. The molecule has 3 aromatic carbocycles. The van der Waals surface area contributed by atoms with Crippen molar-refractivity contribution in [3.8, 4) is 5.75 Å². The molecule has 1 aromatic heterocycles. The Labute approximate surface area is 171 Å². The molecule has 0 radical (unpaired) electrons. The van der Waals surface area contributed by atoms with Crippen LogP contribution in [0.3, 0.4) is 0 Å². The van der Waals surface area contributed by atoms with Gasteiger partial charge in [-0.2, -0.15) is 0 Å². The maximum Gasteiger partial charge on any atom is 0.195 e. The number of fused-ring (bicyclic) bond motifs is 1. The van der Waals surface area contributed by atoms with Gasteiger partial charge in [0.25, 0.3) is 0 Å². The first-order valence-corrected chi connectivity index (χ1v) is 10.0. The molecule has 0 saturated carbocycles. The number of hydrogen-bond acceptors (Lipinski definition) is 2. The van der Waals surface area contributed by atoms with Crippen LogP contribution in [0.1, 0.15) is 33.5 Å². The fraction of sp³-hybridized carbons (Fsp3) is 0.192. The first-order chi connectivity index (χ1) is 14.1. The van der Waals surface area contributed by atoms with Gasteiger partial charge in [-0.05, 0) is 43.5 Å². The van der Waals surface area contributed by atoms with E-state index in [0.717, 1.165) is 40.7 Å². The molecule has 0 amide bonds. The van der Waals surface area contributed by atoms with E-state index in [0.29, 0.717) is 12.2 Å². The number of ketones is 1. The number of carbonyl (C=O) groups is 1. The van der Waals surface area contributed by atoms with Crippen LogP contribution in [0.15, 0.2) is 79.0 Å². The number of benzene rings is 3. The van der Waals surface area contributed by atoms with Gasteiger partial charge in [-0.1, -0.05) is 60.7 Å². The Morgan fingerprint density at radius 2 is 1.69 bits per heavy atom. The molecule has 0 aliphatic heterocycles. The van der Waals surface area contributed by atoms with Gasteiger partial charge in [0, 0.05) is 34.8 Å². The summed E-state index contributed by atoms with van der Waals surface area (Å²) in [5, 5.41) is 0.997. The van der Waals surface area contributed by atoms with E-state index in [1.807, 2.05) is 54.7 Å². The first kappa shape index (κ1) is 19.0. The minimum Gasteiger partial charge on any atom is -0.493 e. The fourth-order valence-electron chi connectivity index (χ4n) is 3.64. The molecule has 0 bridgehead atoms. The van der Waals surface area contributed by atoms with Crippen LogP contribution in [0.25, 0.3) is 10.9 Å². The second kappa shape index (κ2) is 8.36. The van der Waals surface area contributed by atoms with Crippen molar-refractivity contribution in [1.82, 2.24) is 4.57 Å². The zero-order chi connectivity index (χ0) is 20.2. The summed E-state index contributed by atoms with van der Waals surface area (Å²) < 4.78 is 8.16. The predicted octanol–water partition coefficient (Wildman–Crippen LogP) is 5.96. The molecule has 0 aliphatic carbocycles. The molecule has 0 atom stereocenters. The Kier molecular flexibility index (Phi) is 5.48. The number of hydrogen-bond donors (Lipinski definition) is 0. The van der Waals surface area contributed by atoms with Crippen LogP contribution in [-0.4, -0.2) is 17.0 Å². The van der Waals surface area contributed by atoms with Gasteiger partial charge in [-0.15, -0.1) is 0 Å². The summed E-state index contributed by atoms with van der Waals surface area (Å²) >= 11 is 0. The highest BCUT2D eigenvalue weighted by molar-refractivity contribution is 6.16. The molecule has 4 rings (SSSR count). The average Bonchev–Trinajstić information content (AvgIpc) is 3.12. The molecule has 0 fully saturated rings. The fourth-order valence-corrected chi connectivity index (χ4v) is 3.64. The van der Waals surface area contributed by atoms with E-state index in [1.54, 1.807) is 0 Å². The van der Waals surface area contributed by atoms with E-state index >= 15 is 0 Å². The summed E-state index contributed by atoms with van der Waals surface area (Å²) in [6.45, 7) is 5.57. The molecule has 0 spiro atoms. The van der Waals surface area contributed by atoms with Crippen LogP contribution in [0, 0.1) is 13.8 Å². The highest BCUT2D eigenvalue weighted by atomic mass is 16.5. The van der Waals surface area contributed by atoms with Crippen LogP contribution >= 0.6 is 0 Å². The molecule has 4 aromatic rings. The van der Waals surface area contributed by atoms with Crippen molar-refractivity contribution in [2.75, 3.05) is 6.61 Å². The van der Waals surface area contributed by atoms with E-state index in [2.05, 4.69) is 42.7 Å². The third-order valence-electron chi connectivity index (χ3n) is 5.21. The summed E-state index contributed by atoms with van der Waals surface area (Å²) in [6, 6.07) is 23.8. The predicted molar refractivity (Wildman–Crippen MR) is 118 cm³/mol. The lowest BCUT2D eigenvalue weighted by Crippen LogP contribution is -2.05. The van der Waals surface area contributed by atoms with Crippen LogP contribution in [0.2, 0.25) is 0 Å². The Morgan fingerprint density at radius 3 is 2.52 bits per heavy atom. The van der Waals surface area contributed by atoms with E-state index in [9.17, 15) is 4.79 Å². The number of aromatic nitrogens is 1. The standard InChI is InChI=1S/C26H25NO2/c1-19-13-14-20(2)25(17-19)29-16-8-15-27-18-23(22-11-6-7-12-24(22)27)26(28)21-9-4-3-5-10-21/h3-7,9-14,17-18H,8,15-16H2,1-2H3. The van der Waals surface area contributed by atoms with Crippen molar-refractivity contribution < 1.29 is 9.53 Å². The normalized spacial score (nSPS) is 11.0. The number of rotatable bonds is 7. The van der Waals surface area contributed by atoms with Crippen molar-refractivity contribution in [3.05, 3.63) is 101 Å². The number of ether oxygens (including phenoxy) is 1. The van der Waals surface area contributed by atoms with Crippen molar-refractivity contribution >= 4 is 16.7 Å². The summed E-state index contributed by atoms with van der Waals surface area (Å²) in [4.78, 5) is 13.0. The smallest absolute Gasteiger partial charge is 0.195 e. The van der Waals surface area contributed by atoms with Gasteiger partial charge in [0.2, 0.25) is 0 Å². The summed E-state index contributed by atoms with van der Waals surface area (Å²) in [6.07, 6.45) is 2.85. The zero-order valence-electron chi connectivity index (χ0n) is 16.9. The molecule has 146 valence electrons. The molecule has 0 saturated heterocycles. The lowest BCUT2D eigenvalue weighted by molar-refractivity contribution is 0.104. The van der Waals surface area contributed by atoms with Crippen molar-refractivity contribution in [2.45, 2.75) is 26.8 Å². The largest absolute Gasteiger partial charge is 0.493 e. The van der Waals surface area contributed by atoms with Gasteiger partial charge >= 0.3 is 0 Å². The topological polar surface area (TPSA) is 31.2 Å². The van der Waals surface area contributed by atoms with Crippen LogP contribution in [0.5, 0.6) is 5.75 Å². The zero-order valence-corrected chi connectivity index (χ0v) is 16.9. The Morgan fingerprint density at radius 1 is 0.931 bits per heavy atom. The summed E-state index contributed by atoms with van der Waals surface area (Å²) in [7, 11) is 0. The van der Waals surface area contributed by atoms with E-state index in [4.69, 9.17) is 4.74 Å². The average molecular weight is 383 g/mol. The highest BCUT2D eigenvalue weighted by Gasteiger charge is 2.16. The molecular weight excluding hydrogens is 358 g/mol. The van der Waals surface area contributed by atoms with Crippen LogP contribution in [-0.2, 0) is 6.54 Å². The second-order valence-corrected chi connectivity index (χ2v) is 7.42. The van der Waals surface area contributed by atoms with Gasteiger partial charge in [-0.25, -0.2) is 0 Å². The number of nitrogens with zero attached hydrogens (tertiary/aromatic N) is 1. The van der Waals surface area contributed by atoms with Gasteiger partial charge in [0.1, 0.15) is 5.75 Å². The third kappa shape index (κ3) is 4.09. The first-order valence-electron chi connectivity index (χ1n) is 10.0. The lowest BCUT2D eigenvalue weighted by atomic mass is 10.0. The minimum absolute atomic E-state index is 0.0622. The molecule has 0 aliphatic rings. The van der Waals surface area contributed by atoms with Crippen molar-refractivity contribution in [3.63, 3.8) is 0 Å². The monoisotopic (exact) mass is 383 g/mol. The van der Waals surface area contributed by atoms with E-state index in [-0.39, 0.29) is 5.78 Å². The molecule has 1 heterocycles. The third-order valence-corrected chi connectivity index (χ3v) is 5.21. The minimum atomic E-state index is 0.0622. The maximum absolute atomic E-state index is 13.0. The molecular formula is C26H25NO2. The molecule has 0 N–H and O–H groups in total. The number of aryl methyl sites for hydroxylation is 3. The Hall–Kier alpha value is -3.33. The van der Waals surface area contributed by atoms with Gasteiger partial charge in [0.15, 0.2) is 5.78 Å². The summed E-state index contributed by atoms with van der Waals surface area (Å²) in [5.41, 5.74) is 4.90. The Balaban J connectivity index is 1.51. The van der Waals surface area contributed by atoms with Gasteiger partial charge < -0.3 is 9.30 Å². The van der Waals surface area contributed by atoms with Crippen LogP contribution < -0.4 is 4.74 Å². The number of para-hydroxylation sites is 1. The van der Waals surface area contributed by atoms with Crippen molar-refractivity contribution in [1.29, 1.82) is 0 Å². The van der Waals surface area contributed by atoms with E-state index < -0.39 is 0 Å². The van der Waals surface area contributed by atoms with Crippen molar-refractivity contribution in [2.24, 2.45) is 0 Å². The highest BCUT2D eigenvalue weighted by Crippen LogP contribution is 2.24. The lowest BCUT2D eigenvalue weighted by Gasteiger charge is -2.10. The van der Waals surface area contributed by atoms with Gasteiger partial charge in [-0.3, -0.25) is 4.79 Å². The van der Waals surface area contributed by atoms with E-state index in [1.165, 1.54) is 5.56 Å².